The molecule has 1 N–H and O–H groups in total. The van der Waals surface area contributed by atoms with Gasteiger partial charge in [0, 0.05) is 25.2 Å². The molecule has 2 heteroatoms. The van der Waals surface area contributed by atoms with Gasteiger partial charge >= 0.3 is 0 Å². The van der Waals surface area contributed by atoms with E-state index in [0.717, 1.165) is 25.0 Å². The van der Waals surface area contributed by atoms with Crippen molar-refractivity contribution in [3.8, 4) is 0 Å². The highest BCUT2D eigenvalue weighted by molar-refractivity contribution is 4.88. The van der Waals surface area contributed by atoms with E-state index < -0.39 is 0 Å². The first-order valence-electron chi connectivity index (χ1n) is 6.11. The fourth-order valence-electron chi connectivity index (χ4n) is 1.99. The van der Waals surface area contributed by atoms with E-state index in [-0.39, 0.29) is 0 Å². The monoisotopic (exact) mass is 198 g/mol. The van der Waals surface area contributed by atoms with Crippen LogP contribution in [0.2, 0.25) is 0 Å². The van der Waals surface area contributed by atoms with Gasteiger partial charge in [-0.2, -0.15) is 0 Å². The lowest BCUT2D eigenvalue weighted by atomic mass is 10.1. The van der Waals surface area contributed by atoms with E-state index >= 15 is 0 Å². The summed E-state index contributed by atoms with van der Waals surface area (Å²) in [5, 5.41) is 3.44. The number of likely N-dealkylation sites (N-methyl/N-ethyl adjacent to an activating group) is 1. The van der Waals surface area contributed by atoms with Crippen molar-refractivity contribution in [3.05, 3.63) is 0 Å². The summed E-state index contributed by atoms with van der Waals surface area (Å²) >= 11 is 0. The van der Waals surface area contributed by atoms with Gasteiger partial charge in [0.25, 0.3) is 0 Å². The number of nitrogens with one attached hydrogen (secondary N) is 1. The highest BCUT2D eigenvalue weighted by Gasteiger charge is 2.31. The third kappa shape index (κ3) is 3.97. The molecule has 0 aliphatic heterocycles. The van der Waals surface area contributed by atoms with Crippen LogP contribution in [0, 0.1) is 5.92 Å². The largest absolute Gasteiger partial charge is 0.315 e. The Hall–Kier alpha value is -0.0800. The average Bonchev–Trinajstić information content (AvgIpc) is 2.93. The van der Waals surface area contributed by atoms with Crippen LogP contribution in [0.5, 0.6) is 0 Å². The minimum absolute atomic E-state index is 0.699. The van der Waals surface area contributed by atoms with Gasteiger partial charge in [-0.05, 0) is 32.2 Å². The van der Waals surface area contributed by atoms with Gasteiger partial charge in [-0.15, -0.1) is 0 Å². The first-order chi connectivity index (χ1) is 6.65. The summed E-state index contributed by atoms with van der Waals surface area (Å²) in [6.45, 7) is 12.6. The second kappa shape index (κ2) is 5.72. The van der Waals surface area contributed by atoms with Crippen molar-refractivity contribution in [3.63, 3.8) is 0 Å². The highest BCUT2D eigenvalue weighted by Crippen LogP contribution is 2.29. The van der Waals surface area contributed by atoms with Gasteiger partial charge in [0.1, 0.15) is 0 Å². The fraction of sp³-hybridized carbons (Fsp3) is 1.00. The second-order valence-corrected chi connectivity index (χ2v) is 4.98. The van der Waals surface area contributed by atoms with Crippen LogP contribution in [0.4, 0.5) is 0 Å². The van der Waals surface area contributed by atoms with Crippen LogP contribution in [0.25, 0.3) is 0 Å². The Morgan fingerprint density at radius 2 is 1.93 bits per heavy atom. The topological polar surface area (TPSA) is 15.3 Å². The molecule has 0 saturated heterocycles. The van der Waals surface area contributed by atoms with Gasteiger partial charge in [0.05, 0.1) is 0 Å². The molecular weight excluding hydrogens is 172 g/mol. The molecule has 0 aromatic carbocycles. The minimum Gasteiger partial charge on any atom is -0.315 e. The predicted molar refractivity (Wildman–Crippen MR) is 62.6 cm³/mol. The maximum Gasteiger partial charge on any atom is 0.0195 e. The number of hydrogen-bond acceptors (Lipinski definition) is 2. The van der Waals surface area contributed by atoms with Crippen LogP contribution in [-0.4, -0.2) is 36.6 Å². The summed E-state index contributed by atoms with van der Waals surface area (Å²) in [5.74, 6) is 0.791. The van der Waals surface area contributed by atoms with Crippen molar-refractivity contribution in [2.75, 3.05) is 19.6 Å². The zero-order valence-corrected chi connectivity index (χ0v) is 10.2. The Bertz CT molecular complexity index is 152. The second-order valence-electron chi connectivity index (χ2n) is 4.98. The van der Waals surface area contributed by atoms with Crippen molar-refractivity contribution >= 4 is 0 Å². The Morgan fingerprint density at radius 3 is 2.36 bits per heavy atom. The molecule has 1 saturated carbocycles. The zero-order chi connectivity index (χ0) is 10.6. The summed E-state index contributed by atoms with van der Waals surface area (Å²) < 4.78 is 0. The lowest BCUT2D eigenvalue weighted by Crippen LogP contribution is -2.43. The zero-order valence-electron chi connectivity index (χ0n) is 10.2. The van der Waals surface area contributed by atoms with Gasteiger partial charge in [-0.1, -0.05) is 20.8 Å². The molecule has 0 amide bonds. The van der Waals surface area contributed by atoms with Crippen LogP contribution in [0.1, 0.15) is 40.5 Å². The summed E-state index contributed by atoms with van der Waals surface area (Å²) in [5.41, 5.74) is 0. The van der Waals surface area contributed by atoms with Crippen molar-refractivity contribution < 1.29 is 0 Å². The van der Waals surface area contributed by atoms with Gasteiger partial charge in [0.2, 0.25) is 0 Å². The normalized spacial score (nSPS) is 19.3. The number of nitrogens with zero attached hydrogens (tertiary/aromatic N) is 1. The minimum atomic E-state index is 0.699. The molecule has 1 unspecified atom stereocenters. The lowest BCUT2D eigenvalue weighted by molar-refractivity contribution is 0.173. The van der Waals surface area contributed by atoms with E-state index in [4.69, 9.17) is 0 Å². The van der Waals surface area contributed by atoms with Gasteiger partial charge in [-0.25, -0.2) is 0 Å². The standard InChI is InChI=1S/C12H26N2/c1-5-13-8-11(4)14(9-10(2)3)12-6-7-12/h10-13H,5-9H2,1-4H3. The summed E-state index contributed by atoms with van der Waals surface area (Å²) in [6, 6.07) is 1.59. The summed E-state index contributed by atoms with van der Waals surface area (Å²) in [6.07, 6.45) is 2.84. The molecule has 0 radical (unpaired) electrons. The molecule has 1 aliphatic rings. The quantitative estimate of drug-likeness (QED) is 0.674. The van der Waals surface area contributed by atoms with Gasteiger partial charge in [0.15, 0.2) is 0 Å². The van der Waals surface area contributed by atoms with E-state index in [2.05, 4.69) is 37.9 Å². The Balaban J connectivity index is 2.32. The third-order valence-electron chi connectivity index (χ3n) is 2.85. The molecule has 0 spiro atoms. The van der Waals surface area contributed by atoms with Crippen LogP contribution in [-0.2, 0) is 0 Å². The molecule has 0 bridgehead atoms. The molecule has 84 valence electrons. The van der Waals surface area contributed by atoms with Crippen LogP contribution >= 0.6 is 0 Å². The SMILES string of the molecule is CCNCC(C)N(CC(C)C)C1CC1. The average molecular weight is 198 g/mol. The van der Waals surface area contributed by atoms with E-state index in [1.807, 2.05) is 0 Å². The maximum absolute atomic E-state index is 3.44. The molecule has 0 heterocycles. The van der Waals surface area contributed by atoms with Crippen molar-refractivity contribution in [2.24, 2.45) is 5.92 Å². The van der Waals surface area contributed by atoms with Crippen molar-refractivity contribution in [1.82, 2.24) is 10.2 Å². The smallest absolute Gasteiger partial charge is 0.0195 e. The lowest BCUT2D eigenvalue weighted by Gasteiger charge is -2.30. The molecule has 1 fully saturated rings. The number of hydrogen-bond donors (Lipinski definition) is 1. The van der Waals surface area contributed by atoms with E-state index in [1.165, 1.54) is 19.4 Å². The Labute approximate surface area is 89.1 Å². The third-order valence-corrected chi connectivity index (χ3v) is 2.85. The van der Waals surface area contributed by atoms with Crippen LogP contribution < -0.4 is 5.32 Å². The molecule has 0 aromatic rings. The van der Waals surface area contributed by atoms with Crippen molar-refractivity contribution in [1.29, 1.82) is 0 Å². The Morgan fingerprint density at radius 1 is 1.29 bits per heavy atom. The number of rotatable bonds is 7. The first kappa shape index (κ1) is 12.0. The van der Waals surface area contributed by atoms with Crippen LogP contribution in [0.15, 0.2) is 0 Å². The van der Waals surface area contributed by atoms with Crippen LogP contribution in [0.3, 0.4) is 0 Å². The summed E-state index contributed by atoms with van der Waals surface area (Å²) in [7, 11) is 0. The highest BCUT2D eigenvalue weighted by atomic mass is 15.2. The fourth-order valence-corrected chi connectivity index (χ4v) is 1.99. The summed E-state index contributed by atoms with van der Waals surface area (Å²) in [4.78, 5) is 2.69. The van der Waals surface area contributed by atoms with Gasteiger partial charge in [-0.3, -0.25) is 4.90 Å². The molecule has 0 aromatic heterocycles. The molecule has 1 aliphatic carbocycles. The van der Waals surface area contributed by atoms with E-state index in [9.17, 15) is 0 Å². The first-order valence-corrected chi connectivity index (χ1v) is 6.11. The molecule has 1 rings (SSSR count). The molecule has 1 atom stereocenters. The molecular formula is C12H26N2. The molecule has 2 nitrogen and oxygen atoms in total. The predicted octanol–water partition coefficient (Wildman–Crippen LogP) is 2.10. The van der Waals surface area contributed by atoms with Crippen molar-refractivity contribution in [2.45, 2.75) is 52.6 Å². The van der Waals surface area contributed by atoms with E-state index in [1.54, 1.807) is 0 Å². The van der Waals surface area contributed by atoms with E-state index in [0.29, 0.717) is 6.04 Å². The maximum atomic E-state index is 3.44. The Kier molecular flexibility index (Phi) is 4.90. The van der Waals surface area contributed by atoms with Gasteiger partial charge < -0.3 is 5.32 Å². The molecule has 14 heavy (non-hydrogen) atoms.